The van der Waals surface area contributed by atoms with Gasteiger partial charge in [0.15, 0.2) is 0 Å². The van der Waals surface area contributed by atoms with Crippen molar-refractivity contribution in [1.29, 1.82) is 0 Å². The molecule has 0 aliphatic heterocycles. The molecule has 0 aromatic heterocycles. The number of carboxylic acids is 1. The number of methoxy groups -OCH3 is 1. The maximum absolute atomic E-state index is 11.0. The van der Waals surface area contributed by atoms with Crippen LogP contribution in [0.5, 0.6) is 5.75 Å². The minimum Gasteiger partial charge on any atom is -0.497 e. The van der Waals surface area contributed by atoms with Crippen LogP contribution in [0.2, 0.25) is 0 Å². The van der Waals surface area contributed by atoms with Gasteiger partial charge in [-0.25, -0.2) is 4.79 Å². The second-order valence-corrected chi connectivity index (χ2v) is 3.99. The predicted octanol–water partition coefficient (Wildman–Crippen LogP) is 2.84. The molecule has 0 saturated heterocycles. The molecule has 20 heavy (non-hydrogen) atoms. The molecule has 2 aromatic rings. The van der Waals surface area contributed by atoms with Gasteiger partial charge in [-0.2, -0.15) is 5.10 Å². The molecule has 0 atom stereocenters. The molecule has 5 nitrogen and oxygen atoms in total. The number of para-hydroxylation sites is 1. The Balaban J connectivity index is 2.08. The number of nitrogens with zero attached hydrogens (tertiary/aromatic N) is 1. The predicted molar refractivity (Wildman–Crippen MR) is 77.6 cm³/mol. The summed E-state index contributed by atoms with van der Waals surface area (Å²) >= 11 is 0. The van der Waals surface area contributed by atoms with Gasteiger partial charge in [0.25, 0.3) is 0 Å². The summed E-state index contributed by atoms with van der Waals surface area (Å²) in [4.78, 5) is 11.0. The fraction of sp³-hybridized carbons (Fsp3) is 0.0667. The van der Waals surface area contributed by atoms with Crippen molar-refractivity contribution in [2.75, 3.05) is 12.5 Å². The van der Waals surface area contributed by atoms with Gasteiger partial charge >= 0.3 is 5.97 Å². The van der Waals surface area contributed by atoms with Crippen molar-refractivity contribution in [3.63, 3.8) is 0 Å². The Labute approximate surface area is 116 Å². The van der Waals surface area contributed by atoms with Crippen molar-refractivity contribution < 1.29 is 14.6 Å². The number of ether oxygens (including phenoxy) is 1. The number of nitrogens with one attached hydrogen (secondary N) is 1. The lowest BCUT2D eigenvalue weighted by Crippen LogP contribution is -2.02. The highest BCUT2D eigenvalue weighted by atomic mass is 16.5. The Morgan fingerprint density at radius 2 is 1.90 bits per heavy atom. The molecule has 0 fully saturated rings. The van der Waals surface area contributed by atoms with Crippen LogP contribution in [0, 0.1) is 0 Å². The number of hydrogen-bond donors (Lipinski definition) is 2. The maximum atomic E-state index is 11.0. The fourth-order valence-corrected chi connectivity index (χ4v) is 1.63. The number of carboxylic acid groups (broad SMARTS) is 1. The third-order valence-corrected chi connectivity index (χ3v) is 2.67. The van der Waals surface area contributed by atoms with Crippen LogP contribution in [0.1, 0.15) is 15.9 Å². The molecule has 0 aliphatic carbocycles. The Morgan fingerprint density at radius 3 is 2.55 bits per heavy atom. The van der Waals surface area contributed by atoms with E-state index in [0.29, 0.717) is 5.69 Å². The first-order chi connectivity index (χ1) is 9.70. The van der Waals surface area contributed by atoms with Crippen molar-refractivity contribution in [2.45, 2.75) is 0 Å². The van der Waals surface area contributed by atoms with E-state index in [0.717, 1.165) is 11.3 Å². The van der Waals surface area contributed by atoms with Crippen LogP contribution in [0.15, 0.2) is 53.6 Å². The number of rotatable bonds is 5. The van der Waals surface area contributed by atoms with E-state index in [-0.39, 0.29) is 5.56 Å². The number of hydrogen-bond acceptors (Lipinski definition) is 4. The van der Waals surface area contributed by atoms with Crippen LogP contribution >= 0.6 is 0 Å². The SMILES string of the molecule is COc1ccc(/C=N\Nc2ccccc2C(=O)O)cc1. The summed E-state index contributed by atoms with van der Waals surface area (Å²) < 4.78 is 5.06. The van der Waals surface area contributed by atoms with Gasteiger partial charge in [0.2, 0.25) is 0 Å². The second-order valence-electron chi connectivity index (χ2n) is 3.99. The summed E-state index contributed by atoms with van der Waals surface area (Å²) in [7, 11) is 1.60. The molecule has 2 rings (SSSR count). The molecular formula is C15H14N2O3. The molecule has 0 saturated carbocycles. The molecule has 102 valence electrons. The average Bonchev–Trinajstić information content (AvgIpc) is 2.48. The zero-order valence-corrected chi connectivity index (χ0v) is 10.9. The van der Waals surface area contributed by atoms with E-state index in [1.807, 2.05) is 24.3 Å². The molecule has 0 unspecified atom stereocenters. The minimum atomic E-state index is -0.993. The van der Waals surface area contributed by atoms with Crippen LogP contribution in [-0.4, -0.2) is 24.4 Å². The van der Waals surface area contributed by atoms with Gasteiger partial charge in [0.05, 0.1) is 24.6 Å². The van der Waals surface area contributed by atoms with E-state index in [2.05, 4.69) is 10.5 Å². The number of benzene rings is 2. The smallest absolute Gasteiger partial charge is 0.337 e. The van der Waals surface area contributed by atoms with Crippen LogP contribution in [-0.2, 0) is 0 Å². The molecular weight excluding hydrogens is 256 g/mol. The van der Waals surface area contributed by atoms with E-state index in [4.69, 9.17) is 9.84 Å². The summed E-state index contributed by atoms with van der Waals surface area (Å²) in [5.74, 6) is -0.223. The van der Waals surface area contributed by atoms with Crippen molar-refractivity contribution in [3.8, 4) is 5.75 Å². The van der Waals surface area contributed by atoms with Gasteiger partial charge < -0.3 is 9.84 Å². The Bertz CT molecular complexity index is 621. The summed E-state index contributed by atoms with van der Waals surface area (Å²) in [5.41, 5.74) is 4.24. The van der Waals surface area contributed by atoms with E-state index in [1.165, 1.54) is 6.07 Å². The van der Waals surface area contributed by atoms with Crippen LogP contribution < -0.4 is 10.2 Å². The summed E-state index contributed by atoms with van der Waals surface area (Å²) in [6.07, 6.45) is 1.61. The lowest BCUT2D eigenvalue weighted by atomic mass is 10.2. The monoisotopic (exact) mass is 270 g/mol. The largest absolute Gasteiger partial charge is 0.497 e. The van der Waals surface area contributed by atoms with E-state index >= 15 is 0 Å². The Kier molecular flexibility index (Phi) is 4.34. The normalized spacial score (nSPS) is 10.4. The highest BCUT2D eigenvalue weighted by molar-refractivity contribution is 5.94. The van der Waals surface area contributed by atoms with Crippen molar-refractivity contribution in [1.82, 2.24) is 0 Å². The highest BCUT2D eigenvalue weighted by Crippen LogP contribution is 2.15. The van der Waals surface area contributed by atoms with Crippen LogP contribution in [0.4, 0.5) is 5.69 Å². The standard InChI is InChI=1S/C15H14N2O3/c1-20-12-8-6-11(7-9-12)10-16-17-14-5-3-2-4-13(14)15(18)19/h2-10,17H,1H3,(H,18,19)/b16-10-. The van der Waals surface area contributed by atoms with Crippen LogP contribution in [0.25, 0.3) is 0 Å². The van der Waals surface area contributed by atoms with Crippen molar-refractivity contribution in [3.05, 3.63) is 59.7 Å². The molecule has 0 spiro atoms. The third kappa shape index (κ3) is 3.35. The molecule has 0 aliphatic rings. The Morgan fingerprint density at radius 1 is 1.20 bits per heavy atom. The number of anilines is 1. The zero-order chi connectivity index (χ0) is 14.4. The minimum absolute atomic E-state index is 0.180. The first-order valence-electron chi connectivity index (χ1n) is 5.96. The van der Waals surface area contributed by atoms with E-state index in [1.54, 1.807) is 31.5 Å². The van der Waals surface area contributed by atoms with E-state index in [9.17, 15) is 4.79 Å². The van der Waals surface area contributed by atoms with Crippen molar-refractivity contribution in [2.24, 2.45) is 5.10 Å². The van der Waals surface area contributed by atoms with Crippen LogP contribution in [0.3, 0.4) is 0 Å². The molecule has 0 bridgehead atoms. The summed E-state index contributed by atoms with van der Waals surface area (Å²) in [6.45, 7) is 0. The molecule has 0 amide bonds. The Hall–Kier alpha value is -2.82. The van der Waals surface area contributed by atoms with Gasteiger partial charge in [-0.05, 0) is 42.0 Å². The first-order valence-corrected chi connectivity index (χ1v) is 5.96. The van der Waals surface area contributed by atoms with Crippen molar-refractivity contribution >= 4 is 17.9 Å². The summed E-state index contributed by atoms with van der Waals surface area (Å²) in [6, 6.07) is 14.0. The molecule has 2 aromatic carbocycles. The molecule has 0 heterocycles. The number of aromatic carboxylic acids is 1. The highest BCUT2D eigenvalue weighted by Gasteiger charge is 2.07. The van der Waals surface area contributed by atoms with Gasteiger partial charge in [-0.15, -0.1) is 0 Å². The number of carbonyl (C=O) groups is 1. The molecule has 5 heteroatoms. The first kappa shape index (κ1) is 13.6. The maximum Gasteiger partial charge on any atom is 0.337 e. The van der Waals surface area contributed by atoms with Gasteiger partial charge in [0.1, 0.15) is 5.75 Å². The summed E-state index contributed by atoms with van der Waals surface area (Å²) in [5, 5.41) is 13.1. The third-order valence-electron chi connectivity index (χ3n) is 2.67. The quantitative estimate of drug-likeness (QED) is 0.647. The lowest BCUT2D eigenvalue weighted by Gasteiger charge is -2.04. The van der Waals surface area contributed by atoms with E-state index < -0.39 is 5.97 Å². The van der Waals surface area contributed by atoms with Gasteiger partial charge in [-0.1, -0.05) is 12.1 Å². The number of hydrazone groups is 1. The molecule has 2 N–H and O–H groups in total. The zero-order valence-electron chi connectivity index (χ0n) is 10.9. The lowest BCUT2D eigenvalue weighted by molar-refractivity contribution is 0.0698. The topological polar surface area (TPSA) is 70.9 Å². The second kappa shape index (κ2) is 6.38. The van der Waals surface area contributed by atoms with Gasteiger partial charge in [0, 0.05) is 0 Å². The fourth-order valence-electron chi connectivity index (χ4n) is 1.63. The molecule has 0 radical (unpaired) electrons. The average molecular weight is 270 g/mol. The van der Waals surface area contributed by atoms with Gasteiger partial charge in [-0.3, -0.25) is 5.43 Å².